The van der Waals surface area contributed by atoms with E-state index in [0.717, 1.165) is 11.1 Å². The zero-order chi connectivity index (χ0) is 23.5. The summed E-state index contributed by atoms with van der Waals surface area (Å²) in [6.07, 6.45) is 0. The zero-order valence-corrected chi connectivity index (χ0v) is 18.8. The maximum atomic E-state index is 13.6. The molecule has 6 nitrogen and oxygen atoms in total. The van der Waals surface area contributed by atoms with Gasteiger partial charge < -0.3 is 10.2 Å². The van der Waals surface area contributed by atoms with E-state index in [1.54, 1.807) is 36.4 Å². The number of rotatable bonds is 6. The van der Waals surface area contributed by atoms with Crippen molar-refractivity contribution in [1.29, 1.82) is 0 Å². The average molecular weight is 440 g/mol. The van der Waals surface area contributed by atoms with Gasteiger partial charge in [0.2, 0.25) is 5.91 Å². The molecule has 0 saturated carbocycles. The highest BCUT2D eigenvalue weighted by Gasteiger charge is 2.41. The lowest BCUT2D eigenvalue weighted by atomic mass is 10.0. The summed E-state index contributed by atoms with van der Waals surface area (Å²) < 4.78 is 0. The molecule has 4 rings (SSSR count). The third-order valence-electron chi connectivity index (χ3n) is 5.49. The number of carbonyl (C=O) groups is 3. The van der Waals surface area contributed by atoms with E-state index in [2.05, 4.69) is 5.32 Å². The first-order chi connectivity index (χ1) is 15.8. The first-order valence-corrected chi connectivity index (χ1v) is 10.7. The fourth-order valence-corrected chi connectivity index (χ4v) is 3.92. The van der Waals surface area contributed by atoms with Gasteiger partial charge in [-0.3, -0.25) is 14.4 Å². The summed E-state index contributed by atoms with van der Waals surface area (Å²) >= 11 is 0. The lowest BCUT2D eigenvalue weighted by Crippen LogP contribution is -2.34. The summed E-state index contributed by atoms with van der Waals surface area (Å²) in [7, 11) is 1.82. The Morgan fingerprint density at radius 3 is 2.12 bits per heavy atom. The molecule has 0 aromatic heterocycles. The second-order valence-electron chi connectivity index (χ2n) is 8.11. The number of aryl methyl sites for hydroxylation is 1. The molecule has 0 spiro atoms. The number of amides is 3. The minimum absolute atomic E-state index is 0.178. The molecule has 166 valence electrons. The Kier molecular flexibility index (Phi) is 6.09. The van der Waals surface area contributed by atoms with Gasteiger partial charge in [0, 0.05) is 26.2 Å². The molecular formula is C27H25N3O3. The molecule has 6 heteroatoms. The second-order valence-corrected chi connectivity index (χ2v) is 8.11. The van der Waals surface area contributed by atoms with Crippen molar-refractivity contribution >= 4 is 34.7 Å². The normalized spacial score (nSPS) is 13.5. The quantitative estimate of drug-likeness (QED) is 0.579. The van der Waals surface area contributed by atoms with Crippen LogP contribution in [0.2, 0.25) is 0 Å². The highest BCUT2D eigenvalue weighted by atomic mass is 16.2. The van der Waals surface area contributed by atoms with Gasteiger partial charge in [-0.2, -0.15) is 0 Å². The molecule has 0 aliphatic carbocycles. The van der Waals surface area contributed by atoms with Crippen molar-refractivity contribution in [3.63, 3.8) is 0 Å². The van der Waals surface area contributed by atoms with Gasteiger partial charge in [-0.05, 0) is 42.3 Å². The molecule has 1 N–H and O–H groups in total. The van der Waals surface area contributed by atoms with Gasteiger partial charge in [-0.1, -0.05) is 60.2 Å². The Hall–Kier alpha value is -4.19. The molecule has 0 atom stereocenters. The molecule has 3 amide bonds. The van der Waals surface area contributed by atoms with Crippen LogP contribution < -0.4 is 10.2 Å². The zero-order valence-electron chi connectivity index (χ0n) is 18.8. The number of carbonyl (C=O) groups excluding carboxylic acids is 3. The summed E-state index contributed by atoms with van der Waals surface area (Å²) in [6.45, 7) is 3.87. The van der Waals surface area contributed by atoms with Crippen LogP contribution in [0.15, 0.2) is 84.6 Å². The van der Waals surface area contributed by atoms with Crippen LogP contribution in [0.25, 0.3) is 5.57 Å². The lowest BCUT2D eigenvalue weighted by molar-refractivity contribution is -0.120. The molecule has 33 heavy (non-hydrogen) atoms. The first-order valence-electron chi connectivity index (χ1n) is 10.7. The van der Waals surface area contributed by atoms with E-state index in [4.69, 9.17) is 0 Å². The van der Waals surface area contributed by atoms with Crippen LogP contribution in [-0.4, -0.2) is 29.7 Å². The highest BCUT2D eigenvalue weighted by Crippen LogP contribution is 2.35. The van der Waals surface area contributed by atoms with Gasteiger partial charge >= 0.3 is 0 Å². The van der Waals surface area contributed by atoms with Gasteiger partial charge in [0.25, 0.3) is 11.8 Å². The predicted octanol–water partition coefficient (Wildman–Crippen LogP) is 4.37. The van der Waals surface area contributed by atoms with Gasteiger partial charge in [-0.15, -0.1) is 0 Å². The minimum Gasteiger partial charge on any atom is -0.365 e. The summed E-state index contributed by atoms with van der Waals surface area (Å²) in [6, 6.07) is 24.1. The van der Waals surface area contributed by atoms with Crippen molar-refractivity contribution in [2.45, 2.75) is 20.4 Å². The predicted molar refractivity (Wildman–Crippen MR) is 129 cm³/mol. The first kappa shape index (κ1) is 22.0. The monoisotopic (exact) mass is 439 g/mol. The number of likely N-dealkylation sites (N-methyl/N-ethyl adjacent to an activating group) is 1. The fourth-order valence-electron chi connectivity index (χ4n) is 3.92. The third kappa shape index (κ3) is 4.55. The van der Waals surface area contributed by atoms with Gasteiger partial charge in [0.05, 0.1) is 11.3 Å². The molecule has 3 aromatic carbocycles. The molecule has 1 heterocycles. The van der Waals surface area contributed by atoms with Gasteiger partial charge in [0.15, 0.2) is 0 Å². The maximum Gasteiger partial charge on any atom is 0.282 e. The van der Waals surface area contributed by atoms with Crippen molar-refractivity contribution in [2.75, 3.05) is 17.3 Å². The van der Waals surface area contributed by atoms with Crippen LogP contribution >= 0.6 is 0 Å². The average Bonchev–Trinajstić information content (AvgIpc) is 3.05. The number of hydrogen-bond donors (Lipinski definition) is 1. The van der Waals surface area contributed by atoms with Crippen LogP contribution in [0.1, 0.15) is 23.6 Å². The Morgan fingerprint density at radius 2 is 1.52 bits per heavy atom. The molecule has 0 radical (unpaired) electrons. The van der Waals surface area contributed by atoms with Crippen LogP contribution in [0.3, 0.4) is 0 Å². The molecule has 0 fully saturated rings. The Labute approximate surface area is 193 Å². The van der Waals surface area contributed by atoms with Crippen molar-refractivity contribution < 1.29 is 14.4 Å². The Balaban J connectivity index is 1.77. The van der Waals surface area contributed by atoms with Gasteiger partial charge in [0.1, 0.15) is 5.70 Å². The van der Waals surface area contributed by atoms with Crippen LogP contribution in [0.5, 0.6) is 0 Å². The number of hydrogen-bond acceptors (Lipinski definition) is 4. The fraction of sp³-hybridized carbons (Fsp3) is 0.148. The van der Waals surface area contributed by atoms with Crippen LogP contribution in [0.4, 0.5) is 11.4 Å². The van der Waals surface area contributed by atoms with E-state index in [1.165, 1.54) is 11.8 Å². The third-order valence-corrected chi connectivity index (χ3v) is 5.49. The lowest BCUT2D eigenvalue weighted by Gasteiger charge is -2.21. The van der Waals surface area contributed by atoms with Crippen LogP contribution in [-0.2, 0) is 20.9 Å². The van der Waals surface area contributed by atoms with E-state index in [0.29, 0.717) is 34.8 Å². The molecule has 0 unspecified atom stereocenters. The molecule has 1 aliphatic heterocycles. The highest BCUT2D eigenvalue weighted by molar-refractivity contribution is 6.45. The van der Waals surface area contributed by atoms with Crippen molar-refractivity contribution in [2.24, 2.45) is 0 Å². The second kappa shape index (κ2) is 9.12. The summed E-state index contributed by atoms with van der Waals surface area (Å²) in [4.78, 5) is 41.6. The van der Waals surface area contributed by atoms with E-state index in [-0.39, 0.29) is 17.7 Å². The summed E-state index contributed by atoms with van der Waals surface area (Å²) in [5.41, 5.74) is 4.53. The molecule has 1 aliphatic rings. The van der Waals surface area contributed by atoms with E-state index >= 15 is 0 Å². The Bertz CT molecular complexity index is 1230. The maximum absolute atomic E-state index is 13.6. The molecule has 3 aromatic rings. The number of nitrogens with one attached hydrogen (secondary N) is 1. The molecule has 0 bridgehead atoms. The standard InChI is InChI=1S/C27H25N3O3/c1-18-9-15-23(16-10-18)30-26(32)24(21-11-13-22(14-12-21)28-19(2)31)25(27(30)33)29(3)17-20-7-5-4-6-8-20/h4-16H,17H2,1-3H3,(H,28,31). The SMILES string of the molecule is CC(=O)Nc1ccc(C2=C(N(C)Cc3ccccc3)C(=O)N(c3ccc(C)cc3)C2=O)cc1. The topological polar surface area (TPSA) is 69.7 Å². The van der Waals surface area contributed by atoms with Crippen molar-refractivity contribution in [3.8, 4) is 0 Å². The largest absolute Gasteiger partial charge is 0.365 e. The number of nitrogens with zero attached hydrogens (tertiary/aromatic N) is 2. The minimum atomic E-state index is -0.369. The van der Waals surface area contributed by atoms with Gasteiger partial charge in [-0.25, -0.2) is 4.90 Å². The van der Waals surface area contributed by atoms with Crippen LogP contribution in [0, 0.1) is 6.92 Å². The summed E-state index contributed by atoms with van der Waals surface area (Å²) in [5, 5.41) is 2.72. The number of imide groups is 1. The molecule has 0 saturated heterocycles. The van der Waals surface area contributed by atoms with E-state index in [1.807, 2.05) is 61.3 Å². The smallest absolute Gasteiger partial charge is 0.282 e. The number of benzene rings is 3. The van der Waals surface area contributed by atoms with Crippen molar-refractivity contribution in [3.05, 3.63) is 101 Å². The van der Waals surface area contributed by atoms with E-state index in [9.17, 15) is 14.4 Å². The Morgan fingerprint density at radius 1 is 0.879 bits per heavy atom. The van der Waals surface area contributed by atoms with Crippen molar-refractivity contribution in [1.82, 2.24) is 4.90 Å². The molecular weight excluding hydrogens is 414 g/mol. The number of anilines is 2. The summed E-state index contributed by atoms with van der Waals surface area (Å²) in [5.74, 6) is -0.905. The van der Waals surface area contributed by atoms with E-state index < -0.39 is 0 Å².